The molecule has 1 amide bonds. The lowest BCUT2D eigenvalue weighted by Crippen LogP contribution is -2.44. The van der Waals surface area contributed by atoms with Crippen LogP contribution >= 0.6 is 0 Å². The number of ether oxygens (including phenoxy) is 1. The third kappa shape index (κ3) is 7.06. The fourth-order valence-corrected chi connectivity index (χ4v) is 4.01. The number of methoxy groups -OCH3 is 1. The van der Waals surface area contributed by atoms with Crippen LogP contribution in [0.4, 0.5) is 0 Å². The molecule has 1 aromatic heterocycles. The maximum absolute atomic E-state index is 12.8. The molecule has 0 spiro atoms. The molecule has 0 saturated heterocycles. The topological polar surface area (TPSA) is 63.2 Å². The van der Waals surface area contributed by atoms with E-state index in [4.69, 9.17) is 4.74 Å². The molecule has 1 aromatic carbocycles. The van der Waals surface area contributed by atoms with E-state index in [1.54, 1.807) is 13.2 Å². The van der Waals surface area contributed by atoms with Gasteiger partial charge in [-0.15, -0.1) is 0 Å². The standard InChI is InChI=1S/C26H39N3O2/c1-8-10-17(2)24(29-26(30)23-12-9-11-18(3)28-23)15-19(4)27-16-22-13-14-25(31-7)21(6)20(22)5/h9,11-14,17,19,24,27H,8,10,15-16H2,1-7H3,(H,29,30). The zero-order valence-corrected chi connectivity index (χ0v) is 20.2. The van der Waals surface area contributed by atoms with Crippen molar-refractivity contribution < 1.29 is 9.53 Å². The smallest absolute Gasteiger partial charge is 0.270 e. The SMILES string of the molecule is CCCC(C)C(CC(C)NCc1ccc(OC)c(C)c1C)NC(=O)c1cccc(C)n1. The average molecular weight is 426 g/mol. The largest absolute Gasteiger partial charge is 0.496 e. The van der Waals surface area contributed by atoms with Gasteiger partial charge in [-0.2, -0.15) is 0 Å². The van der Waals surface area contributed by atoms with Crippen LogP contribution in [0.1, 0.15) is 72.9 Å². The van der Waals surface area contributed by atoms with Gasteiger partial charge in [-0.1, -0.05) is 32.4 Å². The predicted octanol–water partition coefficient (Wildman–Crippen LogP) is 5.12. The fourth-order valence-electron chi connectivity index (χ4n) is 4.01. The molecule has 0 aliphatic carbocycles. The molecule has 2 rings (SSSR count). The maximum Gasteiger partial charge on any atom is 0.270 e. The Labute approximate surface area is 188 Å². The molecule has 5 nitrogen and oxygen atoms in total. The van der Waals surface area contributed by atoms with Crippen molar-refractivity contribution in [1.29, 1.82) is 0 Å². The highest BCUT2D eigenvalue weighted by atomic mass is 16.5. The monoisotopic (exact) mass is 425 g/mol. The van der Waals surface area contributed by atoms with E-state index in [2.05, 4.69) is 56.3 Å². The van der Waals surface area contributed by atoms with Gasteiger partial charge in [-0.3, -0.25) is 4.79 Å². The third-order valence-electron chi connectivity index (χ3n) is 6.19. The number of rotatable bonds is 11. The quantitative estimate of drug-likeness (QED) is 0.525. The van der Waals surface area contributed by atoms with Crippen LogP contribution in [0.5, 0.6) is 5.75 Å². The maximum atomic E-state index is 12.8. The molecule has 3 atom stereocenters. The molecular formula is C26H39N3O2. The third-order valence-corrected chi connectivity index (χ3v) is 6.19. The lowest BCUT2D eigenvalue weighted by atomic mass is 9.91. The molecule has 0 aliphatic heterocycles. The second-order valence-corrected chi connectivity index (χ2v) is 8.70. The molecule has 170 valence electrons. The number of pyridine rings is 1. The zero-order chi connectivity index (χ0) is 23.0. The highest BCUT2D eigenvalue weighted by Crippen LogP contribution is 2.24. The Balaban J connectivity index is 2.03. The van der Waals surface area contributed by atoms with Crippen LogP contribution in [0, 0.1) is 26.7 Å². The summed E-state index contributed by atoms with van der Waals surface area (Å²) >= 11 is 0. The second-order valence-electron chi connectivity index (χ2n) is 8.70. The molecule has 3 unspecified atom stereocenters. The fraction of sp³-hybridized carbons (Fsp3) is 0.538. The van der Waals surface area contributed by atoms with E-state index in [-0.39, 0.29) is 18.0 Å². The summed E-state index contributed by atoms with van der Waals surface area (Å²) in [6.45, 7) is 13.5. The first-order valence-electron chi connectivity index (χ1n) is 11.4. The van der Waals surface area contributed by atoms with Crippen molar-refractivity contribution in [3.63, 3.8) is 0 Å². The molecule has 1 heterocycles. The molecule has 0 radical (unpaired) electrons. The van der Waals surface area contributed by atoms with E-state index in [0.29, 0.717) is 11.6 Å². The summed E-state index contributed by atoms with van der Waals surface area (Å²) in [6, 6.07) is 10.1. The van der Waals surface area contributed by atoms with Crippen LogP contribution in [0.15, 0.2) is 30.3 Å². The number of aromatic nitrogens is 1. The van der Waals surface area contributed by atoms with E-state index in [9.17, 15) is 4.79 Å². The minimum Gasteiger partial charge on any atom is -0.496 e. The zero-order valence-electron chi connectivity index (χ0n) is 20.2. The number of nitrogens with zero attached hydrogens (tertiary/aromatic N) is 1. The van der Waals surface area contributed by atoms with Crippen molar-refractivity contribution in [2.45, 2.75) is 79.4 Å². The van der Waals surface area contributed by atoms with Crippen LogP contribution in [-0.2, 0) is 6.54 Å². The van der Waals surface area contributed by atoms with E-state index < -0.39 is 0 Å². The number of nitrogens with one attached hydrogen (secondary N) is 2. The van der Waals surface area contributed by atoms with E-state index >= 15 is 0 Å². The Morgan fingerprint density at radius 1 is 1.10 bits per heavy atom. The van der Waals surface area contributed by atoms with Gasteiger partial charge < -0.3 is 15.4 Å². The van der Waals surface area contributed by atoms with Gasteiger partial charge in [0.15, 0.2) is 0 Å². The summed E-state index contributed by atoms with van der Waals surface area (Å²) in [6.07, 6.45) is 3.05. The molecule has 31 heavy (non-hydrogen) atoms. The van der Waals surface area contributed by atoms with Crippen LogP contribution in [-0.4, -0.2) is 30.1 Å². The molecule has 2 aromatic rings. The summed E-state index contributed by atoms with van der Waals surface area (Å²) in [5, 5.41) is 6.90. The normalized spacial score (nSPS) is 14.0. The Kier molecular flexibility index (Phi) is 9.50. The molecule has 5 heteroatoms. The van der Waals surface area contributed by atoms with Gasteiger partial charge in [-0.25, -0.2) is 4.98 Å². The number of benzene rings is 1. The van der Waals surface area contributed by atoms with Crippen molar-refractivity contribution in [3.8, 4) is 5.75 Å². The minimum absolute atomic E-state index is 0.0922. The van der Waals surface area contributed by atoms with Crippen molar-refractivity contribution in [2.24, 2.45) is 5.92 Å². The Morgan fingerprint density at radius 2 is 1.84 bits per heavy atom. The molecule has 2 N–H and O–H groups in total. The first kappa shape index (κ1) is 24.9. The summed E-state index contributed by atoms with van der Waals surface area (Å²) in [7, 11) is 1.71. The first-order chi connectivity index (χ1) is 14.8. The number of amides is 1. The van der Waals surface area contributed by atoms with Gasteiger partial charge in [0.25, 0.3) is 5.91 Å². The summed E-state index contributed by atoms with van der Waals surface area (Å²) in [4.78, 5) is 17.2. The minimum atomic E-state index is -0.0922. The number of hydrogen-bond acceptors (Lipinski definition) is 4. The van der Waals surface area contributed by atoms with Gasteiger partial charge in [0.05, 0.1) is 7.11 Å². The van der Waals surface area contributed by atoms with Crippen LogP contribution in [0.25, 0.3) is 0 Å². The highest BCUT2D eigenvalue weighted by molar-refractivity contribution is 5.92. The number of aryl methyl sites for hydroxylation is 1. The number of carbonyl (C=O) groups is 1. The van der Waals surface area contributed by atoms with Gasteiger partial charge >= 0.3 is 0 Å². The molecule has 0 bridgehead atoms. The predicted molar refractivity (Wildman–Crippen MR) is 128 cm³/mol. The molecule has 0 fully saturated rings. The highest BCUT2D eigenvalue weighted by Gasteiger charge is 2.22. The van der Waals surface area contributed by atoms with E-state index in [1.165, 1.54) is 16.7 Å². The molecule has 0 saturated carbocycles. The van der Waals surface area contributed by atoms with E-state index in [0.717, 1.165) is 37.3 Å². The summed E-state index contributed by atoms with van der Waals surface area (Å²) in [5.74, 6) is 1.23. The lowest BCUT2D eigenvalue weighted by Gasteiger charge is -2.28. The Hall–Kier alpha value is -2.40. The van der Waals surface area contributed by atoms with Gasteiger partial charge in [0, 0.05) is 24.3 Å². The number of hydrogen-bond donors (Lipinski definition) is 2. The van der Waals surface area contributed by atoms with Crippen molar-refractivity contribution in [1.82, 2.24) is 15.6 Å². The first-order valence-corrected chi connectivity index (χ1v) is 11.4. The van der Waals surface area contributed by atoms with Crippen molar-refractivity contribution >= 4 is 5.91 Å². The van der Waals surface area contributed by atoms with Crippen molar-refractivity contribution in [2.75, 3.05) is 7.11 Å². The van der Waals surface area contributed by atoms with E-state index in [1.807, 2.05) is 25.1 Å². The lowest BCUT2D eigenvalue weighted by molar-refractivity contribution is 0.0910. The molecular weight excluding hydrogens is 386 g/mol. The van der Waals surface area contributed by atoms with Gasteiger partial charge in [-0.05, 0) is 81.3 Å². The van der Waals surface area contributed by atoms with Gasteiger partial charge in [0.1, 0.15) is 11.4 Å². The summed E-state index contributed by atoms with van der Waals surface area (Å²) in [5.41, 5.74) is 5.05. The Morgan fingerprint density at radius 3 is 2.48 bits per heavy atom. The second kappa shape index (κ2) is 11.8. The van der Waals surface area contributed by atoms with Gasteiger partial charge in [0.2, 0.25) is 0 Å². The van der Waals surface area contributed by atoms with Crippen LogP contribution in [0.3, 0.4) is 0 Å². The van der Waals surface area contributed by atoms with Crippen molar-refractivity contribution in [3.05, 3.63) is 58.4 Å². The summed E-state index contributed by atoms with van der Waals surface area (Å²) < 4.78 is 5.42. The molecule has 0 aliphatic rings. The van der Waals surface area contributed by atoms with Crippen LogP contribution in [0.2, 0.25) is 0 Å². The van der Waals surface area contributed by atoms with Crippen LogP contribution < -0.4 is 15.4 Å². The number of carbonyl (C=O) groups excluding carboxylic acids is 1. The Bertz CT molecular complexity index is 866. The average Bonchev–Trinajstić information content (AvgIpc) is 2.74.